The molecule has 16 nitrogen and oxygen atoms in total. The van der Waals surface area contributed by atoms with Crippen molar-refractivity contribution in [2.45, 2.75) is 152 Å². The number of phenols is 1. The second-order valence-corrected chi connectivity index (χ2v) is 31.0. The number of benzene rings is 2. The molecule has 0 radical (unpaired) electrons. The van der Waals surface area contributed by atoms with Gasteiger partial charge in [-0.2, -0.15) is 0 Å². The van der Waals surface area contributed by atoms with Gasteiger partial charge in [-0.15, -0.1) is 5.92 Å². The van der Waals surface area contributed by atoms with Crippen LogP contribution in [0, 0.1) is 93.7 Å². The highest BCUT2D eigenvalue weighted by atomic mass is 33.1. The number of aliphatic hydroxyl groups is 6. The van der Waals surface area contributed by atoms with Crippen LogP contribution in [0.2, 0.25) is 0 Å². The molecule has 1 aromatic heterocycles. The average molecular weight is 1240 g/mol. The van der Waals surface area contributed by atoms with Crippen molar-refractivity contribution in [2.75, 3.05) is 37.8 Å². The molecule has 0 amide bonds. The Hall–Kier alpha value is -5.10. The lowest BCUT2D eigenvalue weighted by Gasteiger charge is -2.63. The molecule has 2 saturated heterocycles. The molecule has 7 aliphatic carbocycles. The first-order valence-electron chi connectivity index (χ1n) is 32.5. The summed E-state index contributed by atoms with van der Waals surface area (Å²) in [5.74, 6) is 3.08. The first kappa shape index (κ1) is 63.1. The van der Waals surface area contributed by atoms with E-state index in [0.717, 1.165) is 36.0 Å². The van der Waals surface area contributed by atoms with Crippen molar-refractivity contribution in [3.8, 4) is 17.6 Å². The van der Waals surface area contributed by atoms with Gasteiger partial charge in [0.2, 0.25) is 0 Å². The van der Waals surface area contributed by atoms with Crippen molar-refractivity contribution in [3.63, 3.8) is 0 Å². The smallest absolute Gasteiger partial charge is 0.313 e. The van der Waals surface area contributed by atoms with E-state index in [2.05, 4.69) is 45.5 Å². The summed E-state index contributed by atoms with van der Waals surface area (Å²) in [7, 11) is 3.07. The molecule has 18 heteroatoms. The summed E-state index contributed by atoms with van der Waals surface area (Å²) in [5.41, 5.74) is 5.19. The Morgan fingerprint density at radius 1 is 0.920 bits per heavy atom. The first-order valence-corrected chi connectivity index (χ1v) is 35.0. The van der Waals surface area contributed by atoms with Gasteiger partial charge in [-0.25, -0.2) is 4.99 Å². The van der Waals surface area contributed by atoms with E-state index in [0.29, 0.717) is 55.2 Å². The Bertz CT molecular complexity index is 3200. The maximum absolute atomic E-state index is 16.2. The molecular formula is C70H91N5O11S2. The number of nitrogens with zero attached hydrogens (tertiary/aromatic N) is 1. The summed E-state index contributed by atoms with van der Waals surface area (Å²) < 4.78 is 5.98. The lowest BCUT2D eigenvalue weighted by molar-refractivity contribution is -0.194. The van der Waals surface area contributed by atoms with E-state index in [1.54, 1.807) is 29.9 Å². The van der Waals surface area contributed by atoms with Crippen LogP contribution in [0.4, 0.5) is 0 Å². The number of ketones is 2. The molecule has 4 saturated carbocycles. The van der Waals surface area contributed by atoms with Gasteiger partial charge in [-0.1, -0.05) is 95.5 Å². The zero-order valence-electron chi connectivity index (χ0n) is 51.1. The third-order valence-electron chi connectivity index (χ3n) is 23.6. The number of hydrogen-bond donors (Lipinski definition) is 11. The summed E-state index contributed by atoms with van der Waals surface area (Å²) in [6, 6.07) is 18.5. The number of cyclic esters (lactones) is 1. The Morgan fingerprint density at radius 2 is 1.70 bits per heavy atom. The van der Waals surface area contributed by atoms with Gasteiger partial charge in [0.05, 0.1) is 60.8 Å². The molecule has 21 atom stereocenters. The van der Waals surface area contributed by atoms with Crippen molar-refractivity contribution >= 4 is 45.1 Å². The number of H-pyrrole nitrogens is 1. The molecule has 12 rings (SSSR count). The summed E-state index contributed by atoms with van der Waals surface area (Å²) >= 11 is 0. The number of aromatic nitrogens is 1. The SMILES string of the molecule is CC1CCC2=CCC3C(CO)CC(O)C(C)(O)C4C(CC#CC(C5COC(=O)C5c5cc[nH]c5)CC3C2C1)CC1(O)C2=C3NCC(=O)CC(c5ccc(O)cc5)CSSCC5C(O)C(O)CC(C)(C2CCC41CCNC(N)=NCc1ccccc1)C5C3=O. The van der Waals surface area contributed by atoms with Crippen LogP contribution in [0.3, 0.4) is 0 Å². The predicted molar refractivity (Wildman–Crippen MR) is 340 cm³/mol. The van der Waals surface area contributed by atoms with E-state index in [9.17, 15) is 45.3 Å². The minimum Gasteiger partial charge on any atom is -0.508 e. The zero-order chi connectivity index (χ0) is 61.9. The summed E-state index contributed by atoms with van der Waals surface area (Å²) in [6.45, 7) is 6.22. The molecule has 0 spiro atoms. The standard InChI is InChI=1S/C70H91N5O11S2/c1-39-12-13-42-16-19-50-46(35-76)29-57(80)68(3,84)64-44(11-7-10-43(28-52(50)51(42)26-39)53-36-86-65(83)58(53)45-21-24-72-33-45)30-70(85)60-55(20-22-69(64,70)23-25-73-66(71)75-32-40-8-5-4-6-9-40)67(2)31-56(79)62(81)54-38-88-87-37-47(41-14-17-48(77)18-15-41)27-49(78)34-74-61(60)63(82)59(54)67/h4-6,8-9,14-18,21,24,33,39,43-44,46-47,50-59,62,64,72,74,76-77,79-81,84-85H,11-13,19-20,22-23,25-32,34-38H2,1-3H3,(H3,71,73,75). The fourth-order valence-corrected chi connectivity index (χ4v) is 22.2. The van der Waals surface area contributed by atoms with Crippen LogP contribution in [0.5, 0.6) is 5.75 Å². The highest BCUT2D eigenvalue weighted by Gasteiger charge is 2.74. The van der Waals surface area contributed by atoms with E-state index < -0.39 is 81.8 Å². The lowest BCUT2D eigenvalue weighted by Crippen LogP contribution is -2.67. The highest BCUT2D eigenvalue weighted by molar-refractivity contribution is 8.76. The number of aromatic amines is 1. The molecule has 6 fully saturated rings. The van der Waals surface area contributed by atoms with E-state index >= 15 is 4.79 Å². The maximum Gasteiger partial charge on any atom is 0.313 e. The number of ether oxygens (including phenoxy) is 1. The number of phenolic OH excluding ortho intramolecular Hbond substituents is 1. The van der Waals surface area contributed by atoms with Crippen molar-refractivity contribution in [1.82, 2.24) is 15.6 Å². The number of nitrogens with two attached hydrogens (primary N) is 1. The Labute approximate surface area is 525 Å². The van der Waals surface area contributed by atoms with Crippen LogP contribution >= 0.6 is 21.6 Å². The number of guanidine groups is 1. The van der Waals surface area contributed by atoms with E-state index in [1.807, 2.05) is 67.8 Å². The predicted octanol–water partition coefficient (Wildman–Crippen LogP) is 7.69. The average Bonchev–Trinajstić information content (AvgIpc) is 1.34. The van der Waals surface area contributed by atoms with E-state index in [4.69, 9.17) is 10.5 Å². The van der Waals surface area contributed by atoms with Gasteiger partial charge in [0, 0.05) is 90.8 Å². The summed E-state index contributed by atoms with van der Waals surface area (Å²) in [6.07, 6.45) is 7.99. The number of hydrogen-bond acceptors (Lipinski definition) is 15. The Balaban J connectivity index is 1.01. The van der Waals surface area contributed by atoms with Gasteiger partial charge in [0.15, 0.2) is 17.5 Å². The number of carbonyl (C=O) groups excluding carboxylic acids is 3. The number of esters is 1. The van der Waals surface area contributed by atoms with E-state index in [-0.39, 0.29) is 135 Å². The van der Waals surface area contributed by atoms with E-state index in [1.165, 1.54) is 16.4 Å². The largest absolute Gasteiger partial charge is 0.508 e. The lowest BCUT2D eigenvalue weighted by atomic mass is 9.43. The Kier molecular flexibility index (Phi) is 18.3. The topological polar surface area (TPSA) is 280 Å². The number of fused-ring (bicyclic) bond motifs is 10. The molecule has 2 aliphatic heterocycles. The number of aromatic hydroxyl groups is 1. The number of Topliss-reactive ketones (excluding diaryl/α,β-unsaturated/α-hetero) is 2. The third-order valence-corrected chi connectivity index (χ3v) is 26.2. The maximum atomic E-state index is 16.2. The van der Waals surface area contributed by atoms with Gasteiger partial charge in [-0.3, -0.25) is 14.4 Å². The van der Waals surface area contributed by atoms with Crippen LogP contribution in [0.25, 0.3) is 0 Å². The summed E-state index contributed by atoms with van der Waals surface area (Å²) in [4.78, 5) is 52.6. The number of aliphatic hydroxyl groups excluding tert-OH is 4. The second-order valence-electron chi connectivity index (χ2n) is 28.5. The van der Waals surface area contributed by atoms with Crippen LogP contribution in [0.15, 0.2) is 101 Å². The minimum atomic E-state index is -1.94. The van der Waals surface area contributed by atoms with Gasteiger partial charge >= 0.3 is 5.97 Å². The van der Waals surface area contributed by atoms with Gasteiger partial charge in [-0.05, 0) is 165 Å². The number of rotatable bonds is 9. The van der Waals surface area contributed by atoms with Crippen LogP contribution < -0.4 is 16.4 Å². The molecule has 3 heterocycles. The van der Waals surface area contributed by atoms with Gasteiger partial charge in [0.25, 0.3) is 0 Å². The second kappa shape index (κ2) is 25.5. The van der Waals surface area contributed by atoms with Crippen molar-refractivity contribution < 1.29 is 54.9 Å². The molecule has 474 valence electrons. The number of allylic oxidation sites excluding steroid dienone is 3. The quantitative estimate of drug-likeness (QED) is 0.0245. The third kappa shape index (κ3) is 11.5. The van der Waals surface area contributed by atoms with Gasteiger partial charge in [0.1, 0.15) is 5.75 Å². The first-order chi connectivity index (χ1) is 42.3. The molecule has 88 heavy (non-hydrogen) atoms. The number of carbonyl (C=O) groups is 3. The number of nitrogens with one attached hydrogen (secondary N) is 3. The molecule has 21 unspecified atom stereocenters. The molecular weight excluding hydrogens is 1150 g/mol. The highest BCUT2D eigenvalue weighted by Crippen LogP contribution is 2.73. The molecule has 3 aromatic rings. The molecule has 2 bridgehead atoms. The fourth-order valence-electron chi connectivity index (χ4n) is 19.5. The molecule has 2 aromatic carbocycles. The monoisotopic (exact) mass is 1240 g/mol. The molecule has 12 N–H and O–H groups in total. The van der Waals surface area contributed by atoms with Crippen LogP contribution in [-0.4, -0.2) is 132 Å². The van der Waals surface area contributed by atoms with Crippen molar-refractivity contribution in [1.29, 1.82) is 0 Å². The zero-order valence-corrected chi connectivity index (χ0v) is 52.7. The fraction of sp³-hybridized carbons (Fsp3) is 0.629. The number of aliphatic imine (C=N–C) groups is 1. The van der Waals surface area contributed by atoms with Crippen molar-refractivity contribution in [2.24, 2.45) is 92.6 Å². The molecule has 9 aliphatic rings. The van der Waals surface area contributed by atoms with Gasteiger partial charge < -0.3 is 61.8 Å². The van der Waals surface area contributed by atoms with Crippen molar-refractivity contribution in [3.05, 3.63) is 113 Å². The summed E-state index contributed by atoms with van der Waals surface area (Å²) in [5, 5.41) is 95.0. The normalized spacial score (nSPS) is 41.3. The Morgan fingerprint density at radius 3 is 2.47 bits per heavy atom. The van der Waals surface area contributed by atoms with Crippen LogP contribution in [-0.2, 0) is 25.7 Å². The van der Waals surface area contributed by atoms with Crippen LogP contribution in [0.1, 0.15) is 133 Å². The minimum absolute atomic E-state index is 0.0133.